The smallest absolute Gasteiger partial charge is 0.416 e. The standard InChI is InChI=1S/C12H15F3O4S/c1-3-10(19-20(2,16)17)8-18-11-6-4-5-9(7-11)12(13,14)15/h4-7,10H,3,8H2,1-2H3. The van der Waals surface area contributed by atoms with Gasteiger partial charge in [0.25, 0.3) is 10.1 Å². The molecule has 0 bridgehead atoms. The lowest BCUT2D eigenvalue weighted by Gasteiger charge is -2.16. The Labute approximate surface area is 115 Å². The van der Waals surface area contributed by atoms with E-state index in [-0.39, 0.29) is 12.4 Å². The van der Waals surface area contributed by atoms with E-state index in [0.29, 0.717) is 6.42 Å². The summed E-state index contributed by atoms with van der Waals surface area (Å²) in [7, 11) is -3.63. The third-order valence-corrected chi connectivity index (χ3v) is 2.99. The molecule has 0 radical (unpaired) electrons. The lowest BCUT2D eigenvalue weighted by atomic mass is 10.2. The maximum atomic E-state index is 12.5. The van der Waals surface area contributed by atoms with Crippen LogP contribution in [0, 0.1) is 0 Å². The van der Waals surface area contributed by atoms with Gasteiger partial charge < -0.3 is 4.74 Å². The predicted molar refractivity (Wildman–Crippen MR) is 66.9 cm³/mol. The molecule has 0 fully saturated rings. The fourth-order valence-corrected chi connectivity index (χ4v) is 2.10. The van der Waals surface area contributed by atoms with E-state index in [1.165, 1.54) is 12.1 Å². The average Bonchev–Trinajstić information content (AvgIpc) is 2.32. The zero-order chi connectivity index (χ0) is 15.4. The zero-order valence-corrected chi connectivity index (χ0v) is 11.8. The van der Waals surface area contributed by atoms with E-state index in [4.69, 9.17) is 8.92 Å². The van der Waals surface area contributed by atoms with Crippen molar-refractivity contribution in [3.8, 4) is 5.75 Å². The fraction of sp³-hybridized carbons (Fsp3) is 0.500. The third kappa shape index (κ3) is 5.79. The summed E-state index contributed by atoms with van der Waals surface area (Å²) in [4.78, 5) is 0. The van der Waals surface area contributed by atoms with Gasteiger partial charge in [0.15, 0.2) is 0 Å². The summed E-state index contributed by atoms with van der Waals surface area (Å²) >= 11 is 0. The predicted octanol–water partition coefficient (Wildman–Crippen LogP) is 2.84. The summed E-state index contributed by atoms with van der Waals surface area (Å²) in [5.41, 5.74) is -0.827. The van der Waals surface area contributed by atoms with E-state index < -0.39 is 28.0 Å². The lowest BCUT2D eigenvalue weighted by molar-refractivity contribution is -0.137. The molecule has 4 nitrogen and oxygen atoms in total. The van der Waals surface area contributed by atoms with Crippen molar-refractivity contribution in [1.82, 2.24) is 0 Å². The van der Waals surface area contributed by atoms with Crippen LogP contribution in [0.15, 0.2) is 24.3 Å². The van der Waals surface area contributed by atoms with Crippen molar-refractivity contribution in [1.29, 1.82) is 0 Å². The van der Waals surface area contributed by atoms with E-state index in [9.17, 15) is 21.6 Å². The molecule has 0 saturated carbocycles. The summed E-state index contributed by atoms with van der Waals surface area (Å²) in [6, 6.07) is 4.36. The van der Waals surface area contributed by atoms with E-state index >= 15 is 0 Å². The second kappa shape index (κ2) is 6.45. The van der Waals surface area contributed by atoms with Gasteiger partial charge in [-0.3, -0.25) is 4.18 Å². The van der Waals surface area contributed by atoms with Gasteiger partial charge in [0.1, 0.15) is 18.5 Å². The van der Waals surface area contributed by atoms with Crippen molar-refractivity contribution in [2.24, 2.45) is 0 Å². The van der Waals surface area contributed by atoms with Gasteiger partial charge >= 0.3 is 6.18 Å². The molecule has 1 atom stereocenters. The Morgan fingerprint density at radius 1 is 1.30 bits per heavy atom. The van der Waals surface area contributed by atoms with Gasteiger partial charge in [0.05, 0.1) is 11.8 Å². The Balaban J connectivity index is 2.69. The van der Waals surface area contributed by atoms with E-state index in [1.54, 1.807) is 6.92 Å². The Morgan fingerprint density at radius 3 is 2.45 bits per heavy atom. The number of hydrogen-bond acceptors (Lipinski definition) is 4. The molecule has 0 aliphatic carbocycles. The number of benzene rings is 1. The second-order valence-corrected chi connectivity index (χ2v) is 5.77. The Bertz CT molecular complexity index is 540. The molecular formula is C12H15F3O4S. The highest BCUT2D eigenvalue weighted by Crippen LogP contribution is 2.31. The first kappa shape index (κ1) is 16.8. The Kier molecular flexibility index (Phi) is 5.41. The fourth-order valence-electron chi connectivity index (χ4n) is 1.41. The van der Waals surface area contributed by atoms with Gasteiger partial charge in [0, 0.05) is 0 Å². The minimum Gasteiger partial charge on any atom is -0.491 e. The first-order valence-corrected chi connectivity index (χ1v) is 7.62. The second-order valence-electron chi connectivity index (χ2n) is 4.17. The van der Waals surface area contributed by atoms with E-state index in [0.717, 1.165) is 18.4 Å². The quantitative estimate of drug-likeness (QED) is 0.758. The molecule has 1 unspecified atom stereocenters. The van der Waals surface area contributed by atoms with Gasteiger partial charge in [0.2, 0.25) is 0 Å². The monoisotopic (exact) mass is 312 g/mol. The van der Waals surface area contributed by atoms with Gasteiger partial charge in [-0.2, -0.15) is 21.6 Å². The van der Waals surface area contributed by atoms with Crippen LogP contribution in [0.25, 0.3) is 0 Å². The molecule has 0 aromatic heterocycles. The average molecular weight is 312 g/mol. The van der Waals surface area contributed by atoms with E-state index in [2.05, 4.69) is 0 Å². The number of alkyl halides is 3. The van der Waals surface area contributed by atoms with E-state index in [1.807, 2.05) is 0 Å². The summed E-state index contributed by atoms with van der Waals surface area (Å²) in [6.45, 7) is 1.54. The summed E-state index contributed by atoms with van der Waals surface area (Å²) in [5.74, 6) is 0.00961. The van der Waals surface area contributed by atoms with Gasteiger partial charge in [-0.05, 0) is 24.6 Å². The molecule has 114 valence electrons. The van der Waals surface area contributed by atoms with Crippen LogP contribution in [0.3, 0.4) is 0 Å². The number of hydrogen-bond donors (Lipinski definition) is 0. The Morgan fingerprint density at radius 2 is 1.95 bits per heavy atom. The summed E-state index contributed by atoms with van der Waals surface area (Å²) in [5, 5.41) is 0. The topological polar surface area (TPSA) is 52.6 Å². The zero-order valence-electron chi connectivity index (χ0n) is 11.0. The number of rotatable bonds is 6. The number of ether oxygens (including phenoxy) is 1. The van der Waals surface area contributed by atoms with Crippen molar-refractivity contribution in [3.05, 3.63) is 29.8 Å². The van der Waals surface area contributed by atoms with Crippen LogP contribution in [0.2, 0.25) is 0 Å². The molecule has 0 aliphatic heterocycles. The van der Waals surface area contributed by atoms with Crippen LogP contribution in [-0.4, -0.2) is 27.4 Å². The molecule has 0 heterocycles. The van der Waals surface area contributed by atoms with Gasteiger partial charge in [-0.1, -0.05) is 13.0 Å². The Hall–Kier alpha value is -1.28. The third-order valence-electron chi connectivity index (χ3n) is 2.36. The van der Waals surface area contributed by atoms with Crippen molar-refractivity contribution < 1.29 is 30.5 Å². The molecule has 8 heteroatoms. The van der Waals surface area contributed by atoms with Crippen LogP contribution in [0.5, 0.6) is 5.75 Å². The first-order valence-electron chi connectivity index (χ1n) is 5.80. The molecule has 20 heavy (non-hydrogen) atoms. The van der Waals surface area contributed by atoms with Crippen LogP contribution in [-0.2, 0) is 20.5 Å². The maximum Gasteiger partial charge on any atom is 0.416 e. The summed E-state index contributed by atoms with van der Waals surface area (Å²) in [6.07, 6.45) is -3.93. The minimum atomic E-state index is -4.45. The van der Waals surface area contributed by atoms with Crippen molar-refractivity contribution in [2.75, 3.05) is 12.9 Å². The van der Waals surface area contributed by atoms with Crippen molar-refractivity contribution >= 4 is 10.1 Å². The van der Waals surface area contributed by atoms with Crippen LogP contribution < -0.4 is 4.74 Å². The maximum absolute atomic E-state index is 12.5. The first-order chi connectivity index (χ1) is 9.12. The largest absolute Gasteiger partial charge is 0.491 e. The molecule has 0 amide bonds. The highest BCUT2D eigenvalue weighted by atomic mass is 32.2. The molecule has 0 spiro atoms. The number of halogens is 3. The van der Waals surface area contributed by atoms with Crippen LogP contribution >= 0.6 is 0 Å². The SMILES string of the molecule is CCC(COc1cccc(C(F)(F)F)c1)OS(C)(=O)=O. The highest BCUT2D eigenvalue weighted by Gasteiger charge is 2.30. The van der Waals surface area contributed by atoms with Crippen LogP contribution in [0.1, 0.15) is 18.9 Å². The van der Waals surface area contributed by atoms with Crippen molar-refractivity contribution in [3.63, 3.8) is 0 Å². The molecule has 1 aromatic carbocycles. The molecule has 0 aliphatic rings. The molecule has 0 saturated heterocycles. The highest BCUT2D eigenvalue weighted by molar-refractivity contribution is 7.86. The van der Waals surface area contributed by atoms with Gasteiger partial charge in [-0.25, -0.2) is 0 Å². The van der Waals surface area contributed by atoms with Crippen LogP contribution in [0.4, 0.5) is 13.2 Å². The normalized spacial score (nSPS) is 14.1. The lowest BCUT2D eigenvalue weighted by Crippen LogP contribution is -2.24. The van der Waals surface area contributed by atoms with Gasteiger partial charge in [-0.15, -0.1) is 0 Å². The molecule has 0 N–H and O–H groups in total. The molecular weight excluding hydrogens is 297 g/mol. The minimum absolute atomic E-state index is 0.00961. The molecule has 1 rings (SSSR count). The summed E-state index contributed by atoms with van der Waals surface area (Å²) < 4.78 is 69.3. The molecule has 1 aromatic rings. The van der Waals surface area contributed by atoms with Crippen molar-refractivity contribution in [2.45, 2.75) is 25.6 Å².